The number of hydrogen-bond acceptors (Lipinski definition) is 4. The lowest BCUT2D eigenvalue weighted by atomic mass is 10.0. The third-order valence-electron chi connectivity index (χ3n) is 4.09. The van der Waals surface area contributed by atoms with Crippen molar-refractivity contribution in [1.82, 2.24) is 10.2 Å². The van der Waals surface area contributed by atoms with Crippen molar-refractivity contribution < 1.29 is 19.1 Å². The summed E-state index contributed by atoms with van der Waals surface area (Å²) in [7, 11) is 1.52. The Morgan fingerprint density at radius 3 is 2.18 bits per heavy atom. The number of hydrogen-bond donors (Lipinski definition) is 2. The number of primary amides is 1. The first kappa shape index (κ1) is 23.5. The van der Waals surface area contributed by atoms with Crippen molar-refractivity contribution >= 4 is 17.9 Å². The third kappa shape index (κ3) is 7.98. The van der Waals surface area contributed by atoms with Crippen molar-refractivity contribution in [3.63, 3.8) is 0 Å². The Hall–Kier alpha value is -2.57. The van der Waals surface area contributed by atoms with E-state index in [1.54, 1.807) is 20.8 Å². The number of nitrogens with two attached hydrogens (primary N) is 1. The topological polar surface area (TPSA) is 102 Å². The van der Waals surface area contributed by atoms with Crippen LogP contribution in [0.25, 0.3) is 0 Å². The number of carbonyl (C=O) groups is 3. The summed E-state index contributed by atoms with van der Waals surface area (Å²) < 4.78 is 5.40. The summed E-state index contributed by atoms with van der Waals surface area (Å²) in [5.74, 6) is -0.865. The van der Waals surface area contributed by atoms with Crippen molar-refractivity contribution in [1.29, 1.82) is 0 Å². The molecule has 0 saturated heterocycles. The monoisotopic (exact) mass is 391 g/mol. The SMILES string of the molecule is CC(C)C[C@@H](NC(=O)[C@@H](Cc1ccccc1)N(C)C(=O)OC(C)(C)C)C(N)=O. The molecule has 0 unspecified atom stereocenters. The molecule has 156 valence electrons. The number of ether oxygens (including phenoxy) is 1. The molecular formula is C21H33N3O4. The third-order valence-corrected chi connectivity index (χ3v) is 4.09. The van der Waals surface area contributed by atoms with Crippen molar-refractivity contribution in [2.75, 3.05) is 7.05 Å². The Balaban J connectivity index is 3.06. The maximum atomic E-state index is 13.0. The molecule has 0 fully saturated rings. The molecule has 0 aliphatic carbocycles. The quantitative estimate of drug-likeness (QED) is 0.711. The summed E-state index contributed by atoms with van der Waals surface area (Å²) in [5.41, 5.74) is 5.64. The van der Waals surface area contributed by atoms with E-state index in [4.69, 9.17) is 10.5 Å². The first-order valence-electron chi connectivity index (χ1n) is 9.50. The number of benzene rings is 1. The van der Waals surface area contributed by atoms with E-state index >= 15 is 0 Å². The molecule has 28 heavy (non-hydrogen) atoms. The largest absolute Gasteiger partial charge is 0.444 e. The number of rotatable bonds is 8. The first-order chi connectivity index (χ1) is 12.9. The average Bonchev–Trinajstić information content (AvgIpc) is 2.57. The van der Waals surface area contributed by atoms with Crippen LogP contribution >= 0.6 is 0 Å². The van der Waals surface area contributed by atoms with Gasteiger partial charge in [0.05, 0.1) is 0 Å². The van der Waals surface area contributed by atoms with E-state index in [1.165, 1.54) is 11.9 Å². The van der Waals surface area contributed by atoms with Crippen LogP contribution in [-0.2, 0) is 20.7 Å². The van der Waals surface area contributed by atoms with Gasteiger partial charge in [-0.3, -0.25) is 14.5 Å². The van der Waals surface area contributed by atoms with Gasteiger partial charge in [-0.2, -0.15) is 0 Å². The van der Waals surface area contributed by atoms with Crippen LogP contribution in [0.1, 0.15) is 46.6 Å². The van der Waals surface area contributed by atoms with Crippen molar-refractivity contribution in [3.05, 3.63) is 35.9 Å². The van der Waals surface area contributed by atoms with Crippen LogP contribution in [0.4, 0.5) is 4.79 Å². The first-order valence-corrected chi connectivity index (χ1v) is 9.50. The Morgan fingerprint density at radius 1 is 1.14 bits per heavy atom. The summed E-state index contributed by atoms with van der Waals surface area (Å²) in [6, 6.07) is 7.73. The van der Waals surface area contributed by atoms with Crippen LogP contribution in [0, 0.1) is 5.92 Å². The molecule has 0 aliphatic heterocycles. The number of likely N-dealkylation sites (N-methyl/N-ethyl adjacent to an activating group) is 1. The van der Waals surface area contributed by atoms with E-state index in [-0.39, 0.29) is 12.3 Å². The second-order valence-electron chi connectivity index (χ2n) is 8.39. The highest BCUT2D eigenvalue weighted by molar-refractivity contribution is 5.90. The zero-order valence-corrected chi connectivity index (χ0v) is 17.7. The summed E-state index contributed by atoms with van der Waals surface area (Å²) in [5, 5.41) is 2.70. The van der Waals surface area contributed by atoms with Gasteiger partial charge in [-0.05, 0) is 38.7 Å². The summed E-state index contributed by atoms with van der Waals surface area (Å²) in [4.78, 5) is 38.5. The molecule has 0 heterocycles. The molecule has 3 N–H and O–H groups in total. The molecule has 0 spiro atoms. The molecule has 0 saturated carbocycles. The van der Waals surface area contributed by atoms with Gasteiger partial charge in [-0.25, -0.2) is 4.79 Å². The van der Waals surface area contributed by atoms with Crippen molar-refractivity contribution in [2.45, 2.75) is 65.1 Å². The Morgan fingerprint density at radius 2 is 1.71 bits per heavy atom. The van der Waals surface area contributed by atoms with E-state index in [2.05, 4.69) is 5.32 Å². The zero-order chi connectivity index (χ0) is 21.5. The molecule has 1 rings (SSSR count). The van der Waals surface area contributed by atoms with Crippen molar-refractivity contribution in [2.24, 2.45) is 11.7 Å². The maximum Gasteiger partial charge on any atom is 0.410 e. The zero-order valence-electron chi connectivity index (χ0n) is 17.7. The van der Waals surface area contributed by atoms with E-state index in [0.717, 1.165) is 5.56 Å². The molecule has 7 nitrogen and oxygen atoms in total. The highest BCUT2D eigenvalue weighted by Gasteiger charge is 2.32. The second-order valence-corrected chi connectivity index (χ2v) is 8.39. The molecule has 0 aliphatic rings. The normalized spacial score (nSPS) is 13.5. The standard InChI is InChI=1S/C21H33N3O4/c1-14(2)12-16(18(22)25)23-19(26)17(13-15-10-8-7-9-11-15)24(6)20(27)28-21(3,4)5/h7-11,14,16-17H,12-13H2,1-6H3,(H2,22,25)(H,23,26)/t16-,17-/m1/s1. The maximum absolute atomic E-state index is 13.0. The molecule has 1 aromatic rings. The molecule has 0 aromatic heterocycles. The average molecular weight is 392 g/mol. The van der Waals surface area contributed by atoms with Gasteiger partial charge in [-0.15, -0.1) is 0 Å². The second kappa shape index (κ2) is 10.1. The number of carbonyl (C=O) groups excluding carboxylic acids is 3. The van der Waals surface area contributed by atoms with Crippen LogP contribution in [0.2, 0.25) is 0 Å². The number of amides is 3. The summed E-state index contributed by atoms with van der Waals surface area (Å²) >= 11 is 0. The molecule has 7 heteroatoms. The Bertz CT molecular complexity index is 668. The predicted molar refractivity (Wildman–Crippen MR) is 109 cm³/mol. The predicted octanol–water partition coefficient (Wildman–Crippen LogP) is 2.48. The number of nitrogens with zero attached hydrogens (tertiary/aromatic N) is 1. The molecule has 3 amide bonds. The van der Waals surface area contributed by atoms with Crippen LogP contribution in [0.15, 0.2) is 30.3 Å². The minimum atomic E-state index is -0.841. The van der Waals surface area contributed by atoms with E-state index in [9.17, 15) is 14.4 Å². The van der Waals surface area contributed by atoms with Crippen LogP contribution in [0.3, 0.4) is 0 Å². The highest BCUT2D eigenvalue weighted by Crippen LogP contribution is 2.15. The van der Waals surface area contributed by atoms with E-state index < -0.39 is 35.6 Å². The Kier molecular flexibility index (Phi) is 8.47. The van der Waals surface area contributed by atoms with Crippen LogP contribution in [-0.4, -0.2) is 47.5 Å². The summed E-state index contributed by atoms with van der Waals surface area (Å²) in [6.07, 6.45) is 0.105. The fourth-order valence-corrected chi connectivity index (χ4v) is 2.69. The highest BCUT2D eigenvalue weighted by atomic mass is 16.6. The lowest BCUT2D eigenvalue weighted by Crippen LogP contribution is -2.55. The lowest BCUT2D eigenvalue weighted by Gasteiger charge is -2.31. The van der Waals surface area contributed by atoms with Gasteiger partial charge in [-0.1, -0.05) is 44.2 Å². The van der Waals surface area contributed by atoms with Gasteiger partial charge in [0.25, 0.3) is 0 Å². The molecule has 0 radical (unpaired) electrons. The van der Waals surface area contributed by atoms with E-state index in [0.29, 0.717) is 6.42 Å². The minimum absolute atomic E-state index is 0.175. The smallest absolute Gasteiger partial charge is 0.410 e. The molecule has 0 bridgehead atoms. The van der Waals surface area contributed by atoms with Crippen LogP contribution in [0.5, 0.6) is 0 Å². The van der Waals surface area contributed by atoms with Crippen LogP contribution < -0.4 is 11.1 Å². The van der Waals surface area contributed by atoms with Gasteiger partial charge in [0, 0.05) is 13.5 Å². The number of nitrogens with one attached hydrogen (secondary N) is 1. The van der Waals surface area contributed by atoms with E-state index in [1.807, 2.05) is 44.2 Å². The molecule has 1 aromatic carbocycles. The van der Waals surface area contributed by atoms with Gasteiger partial charge < -0.3 is 15.8 Å². The van der Waals surface area contributed by atoms with Gasteiger partial charge >= 0.3 is 6.09 Å². The fraction of sp³-hybridized carbons (Fsp3) is 0.571. The fourth-order valence-electron chi connectivity index (χ4n) is 2.69. The van der Waals surface area contributed by atoms with Gasteiger partial charge in [0.1, 0.15) is 17.7 Å². The van der Waals surface area contributed by atoms with Gasteiger partial charge in [0.15, 0.2) is 0 Å². The van der Waals surface area contributed by atoms with Crippen molar-refractivity contribution in [3.8, 4) is 0 Å². The molecular weight excluding hydrogens is 358 g/mol. The van der Waals surface area contributed by atoms with Gasteiger partial charge in [0.2, 0.25) is 11.8 Å². The lowest BCUT2D eigenvalue weighted by molar-refractivity contribution is -0.130. The molecule has 2 atom stereocenters. The Labute approximate surface area is 167 Å². The minimum Gasteiger partial charge on any atom is -0.444 e. The summed E-state index contributed by atoms with van der Waals surface area (Å²) in [6.45, 7) is 9.16.